The SMILES string of the molecule is Cc1ccc(F)c(C(=O)NC2CCNCC2C)c1.Cl. The largest absolute Gasteiger partial charge is 0.349 e. The topological polar surface area (TPSA) is 41.1 Å². The molecule has 1 aliphatic heterocycles. The fourth-order valence-electron chi connectivity index (χ4n) is 2.29. The van der Waals surface area contributed by atoms with E-state index < -0.39 is 5.82 Å². The average molecular weight is 287 g/mol. The predicted molar refractivity (Wildman–Crippen MR) is 76.3 cm³/mol. The molecule has 19 heavy (non-hydrogen) atoms. The van der Waals surface area contributed by atoms with Gasteiger partial charge in [-0.15, -0.1) is 12.4 Å². The smallest absolute Gasteiger partial charge is 0.254 e. The van der Waals surface area contributed by atoms with E-state index in [-0.39, 0.29) is 29.9 Å². The maximum atomic E-state index is 13.6. The Morgan fingerprint density at radius 1 is 1.47 bits per heavy atom. The third kappa shape index (κ3) is 3.91. The summed E-state index contributed by atoms with van der Waals surface area (Å²) in [6.45, 7) is 5.72. The van der Waals surface area contributed by atoms with Crippen molar-refractivity contribution >= 4 is 18.3 Å². The van der Waals surface area contributed by atoms with Gasteiger partial charge in [-0.25, -0.2) is 4.39 Å². The summed E-state index contributed by atoms with van der Waals surface area (Å²) in [4.78, 5) is 12.1. The Morgan fingerprint density at radius 3 is 2.89 bits per heavy atom. The van der Waals surface area contributed by atoms with Crippen LogP contribution in [0.4, 0.5) is 4.39 Å². The molecule has 1 amide bonds. The van der Waals surface area contributed by atoms with Crippen molar-refractivity contribution in [3.8, 4) is 0 Å². The fraction of sp³-hybridized carbons (Fsp3) is 0.500. The molecule has 1 aromatic carbocycles. The Labute approximate surface area is 119 Å². The van der Waals surface area contributed by atoms with Crippen molar-refractivity contribution in [3.05, 3.63) is 35.1 Å². The van der Waals surface area contributed by atoms with Crippen LogP contribution < -0.4 is 10.6 Å². The molecule has 1 aliphatic rings. The molecule has 1 heterocycles. The summed E-state index contributed by atoms with van der Waals surface area (Å²) >= 11 is 0. The zero-order valence-corrected chi connectivity index (χ0v) is 12.0. The predicted octanol–water partition coefficient (Wildman–Crippen LogP) is 2.28. The van der Waals surface area contributed by atoms with Gasteiger partial charge < -0.3 is 10.6 Å². The number of halogens is 2. The molecular formula is C14H20ClFN2O. The first-order valence-corrected chi connectivity index (χ1v) is 6.35. The molecule has 0 bridgehead atoms. The van der Waals surface area contributed by atoms with Crippen LogP contribution >= 0.6 is 12.4 Å². The number of rotatable bonds is 2. The van der Waals surface area contributed by atoms with E-state index in [9.17, 15) is 9.18 Å². The molecule has 2 atom stereocenters. The highest BCUT2D eigenvalue weighted by Crippen LogP contribution is 2.14. The second-order valence-corrected chi connectivity index (χ2v) is 5.03. The van der Waals surface area contributed by atoms with Crippen molar-refractivity contribution < 1.29 is 9.18 Å². The van der Waals surface area contributed by atoms with Crippen molar-refractivity contribution in [3.63, 3.8) is 0 Å². The Kier molecular flexibility index (Phi) is 5.76. The fourth-order valence-corrected chi connectivity index (χ4v) is 2.29. The number of amides is 1. The van der Waals surface area contributed by atoms with Gasteiger partial charge in [0.15, 0.2) is 0 Å². The van der Waals surface area contributed by atoms with Gasteiger partial charge in [0.1, 0.15) is 5.82 Å². The maximum absolute atomic E-state index is 13.6. The molecule has 1 aromatic rings. The normalized spacial score (nSPS) is 22.5. The minimum Gasteiger partial charge on any atom is -0.349 e. The molecule has 5 heteroatoms. The summed E-state index contributed by atoms with van der Waals surface area (Å²) in [7, 11) is 0. The lowest BCUT2D eigenvalue weighted by Crippen LogP contribution is -2.48. The molecule has 2 unspecified atom stereocenters. The van der Waals surface area contributed by atoms with E-state index in [1.165, 1.54) is 6.07 Å². The van der Waals surface area contributed by atoms with Gasteiger partial charge in [0.2, 0.25) is 0 Å². The molecule has 0 radical (unpaired) electrons. The standard InChI is InChI=1S/C14H19FN2O.ClH/c1-9-3-4-12(15)11(7-9)14(18)17-13-5-6-16-8-10(13)2;/h3-4,7,10,13,16H,5-6,8H2,1-2H3,(H,17,18);1H. The summed E-state index contributed by atoms with van der Waals surface area (Å²) < 4.78 is 13.6. The maximum Gasteiger partial charge on any atom is 0.254 e. The van der Waals surface area contributed by atoms with Crippen LogP contribution in [0.15, 0.2) is 18.2 Å². The molecule has 106 valence electrons. The van der Waals surface area contributed by atoms with Crippen LogP contribution in [0.1, 0.15) is 29.3 Å². The van der Waals surface area contributed by atoms with Crippen molar-refractivity contribution in [1.82, 2.24) is 10.6 Å². The second-order valence-electron chi connectivity index (χ2n) is 5.03. The second kappa shape index (κ2) is 6.87. The third-order valence-electron chi connectivity index (χ3n) is 3.47. The third-order valence-corrected chi connectivity index (χ3v) is 3.47. The van der Waals surface area contributed by atoms with Crippen LogP contribution in [-0.4, -0.2) is 25.0 Å². The van der Waals surface area contributed by atoms with E-state index in [1.807, 2.05) is 6.92 Å². The molecule has 0 spiro atoms. The van der Waals surface area contributed by atoms with Gasteiger partial charge in [-0.05, 0) is 44.5 Å². The summed E-state index contributed by atoms with van der Waals surface area (Å²) in [5.74, 6) is -0.398. The molecule has 1 saturated heterocycles. The number of nitrogens with one attached hydrogen (secondary N) is 2. The van der Waals surface area contributed by atoms with E-state index in [2.05, 4.69) is 17.6 Å². The molecule has 0 aromatic heterocycles. The number of aryl methyl sites for hydroxylation is 1. The van der Waals surface area contributed by atoms with Crippen LogP contribution in [0.2, 0.25) is 0 Å². The first-order valence-electron chi connectivity index (χ1n) is 6.35. The van der Waals surface area contributed by atoms with Gasteiger partial charge in [0.05, 0.1) is 5.56 Å². The monoisotopic (exact) mass is 286 g/mol. The van der Waals surface area contributed by atoms with Gasteiger partial charge >= 0.3 is 0 Å². The van der Waals surface area contributed by atoms with Crippen molar-refractivity contribution in [2.24, 2.45) is 5.92 Å². The first kappa shape index (κ1) is 15.9. The quantitative estimate of drug-likeness (QED) is 0.876. The lowest BCUT2D eigenvalue weighted by Gasteiger charge is -2.30. The van der Waals surface area contributed by atoms with Crippen LogP contribution in [0.3, 0.4) is 0 Å². The number of piperidine rings is 1. The molecule has 0 saturated carbocycles. The van der Waals surface area contributed by atoms with Gasteiger partial charge in [0, 0.05) is 6.04 Å². The summed E-state index contributed by atoms with van der Waals surface area (Å²) in [5, 5.41) is 6.21. The molecule has 2 rings (SSSR count). The number of benzene rings is 1. The average Bonchev–Trinajstić information content (AvgIpc) is 2.35. The van der Waals surface area contributed by atoms with Crippen molar-refractivity contribution in [1.29, 1.82) is 0 Å². The van der Waals surface area contributed by atoms with E-state index in [1.54, 1.807) is 12.1 Å². The van der Waals surface area contributed by atoms with Crippen molar-refractivity contribution in [2.75, 3.05) is 13.1 Å². The Hall–Kier alpha value is -1.13. The van der Waals surface area contributed by atoms with E-state index in [4.69, 9.17) is 0 Å². The lowest BCUT2D eigenvalue weighted by molar-refractivity contribution is 0.0910. The van der Waals surface area contributed by atoms with E-state index in [0.717, 1.165) is 25.1 Å². The van der Waals surface area contributed by atoms with Gasteiger partial charge in [-0.2, -0.15) is 0 Å². The molecule has 1 fully saturated rings. The summed E-state index contributed by atoms with van der Waals surface area (Å²) in [6.07, 6.45) is 0.889. The zero-order valence-electron chi connectivity index (χ0n) is 11.2. The van der Waals surface area contributed by atoms with Crippen LogP contribution in [0.25, 0.3) is 0 Å². The first-order chi connectivity index (χ1) is 8.58. The van der Waals surface area contributed by atoms with Crippen LogP contribution in [0, 0.1) is 18.7 Å². The lowest BCUT2D eigenvalue weighted by atomic mass is 9.95. The minimum atomic E-state index is -0.459. The number of hydrogen-bond donors (Lipinski definition) is 2. The molecule has 2 N–H and O–H groups in total. The van der Waals surface area contributed by atoms with E-state index >= 15 is 0 Å². The zero-order chi connectivity index (χ0) is 13.1. The van der Waals surface area contributed by atoms with Gasteiger partial charge in [-0.1, -0.05) is 18.6 Å². The molecule has 0 aliphatic carbocycles. The summed E-state index contributed by atoms with van der Waals surface area (Å²) in [5.41, 5.74) is 1.03. The van der Waals surface area contributed by atoms with E-state index in [0.29, 0.717) is 5.92 Å². The van der Waals surface area contributed by atoms with Crippen LogP contribution in [-0.2, 0) is 0 Å². The Balaban J connectivity index is 0.00000180. The van der Waals surface area contributed by atoms with Crippen molar-refractivity contribution in [2.45, 2.75) is 26.3 Å². The molecular weight excluding hydrogens is 267 g/mol. The summed E-state index contributed by atoms with van der Waals surface area (Å²) in [6, 6.07) is 4.73. The highest BCUT2D eigenvalue weighted by molar-refractivity contribution is 5.94. The Morgan fingerprint density at radius 2 is 2.21 bits per heavy atom. The highest BCUT2D eigenvalue weighted by atomic mass is 35.5. The van der Waals surface area contributed by atoms with Gasteiger partial charge in [-0.3, -0.25) is 4.79 Å². The number of hydrogen-bond acceptors (Lipinski definition) is 2. The highest BCUT2D eigenvalue weighted by Gasteiger charge is 2.24. The Bertz CT molecular complexity index is 453. The molecule has 3 nitrogen and oxygen atoms in total. The minimum absolute atomic E-state index is 0. The van der Waals surface area contributed by atoms with Gasteiger partial charge in [0.25, 0.3) is 5.91 Å². The van der Waals surface area contributed by atoms with Crippen LogP contribution in [0.5, 0.6) is 0 Å². The number of carbonyl (C=O) groups is 1. The number of carbonyl (C=O) groups excluding carboxylic acids is 1.